The van der Waals surface area contributed by atoms with E-state index in [-0.39, 0.29) is 6.04 Å². The lowest BCUT2D eigenvalue weighted by Crippen LogP contribution is -2.31. The lowest BCUT2D eigenvalue weighted by molar-refractivity contribution is -0.0284. The van der Waals surface area contributed by atoms with E-state index >= 15 is 0 Å². The summed E-state index contributed by atoms with van der Waals surface area (Å²) >= 11 is 12.4. The molecule has 126 valence electrons. The first-order chi connectivity index (χ1) is 10.8. The van der Waals surface area contributed by atoms with Crippen LogP contribution in [0.2, 0.25) is 10.0 Å². The molecule has 4 atom stereocenters. The normalized spacial score (nSPS) is 28.0. The number of hydrogen-bond donors (Lipinski definition) is 3. The number of aliphatic hydroxyl groups is 2. The highest BCUT2D eigenvalue weighted by atomic mass is 35.5. The fourth-order valence-corrected chi connectivity index (χ4v) is 3.30. The number of aliphatic hydroxyl groups excluding tert-OH is 2. The van der Waals surface area contributed by atoms with E-state index in [9.17, 15) is 10.2 Å². The van der Waals surface area contributed by atoms with Gasteiger partial charge in [-0.05, 0) is 32.9 Å². The Morgan fingerprint density at radius 2 is 1.96 bits per heavy atom. The van der Waals surface area contributed by atoms with Crippen molar-refractivity contribution in [2.24, 2.45) is 0 Å². The van der Waals surface area contributed by atoms with E-state index in [1.165, 1.54) is 0 Å². The number of anilines is 1. The topological polar surface area (TPSA) is 79.5 Å². The number of rotatable bonds is 3. The predicted octanol–water partition coefficient (Wildman–Crippen LogP) is 2.80. The van der Waals surface area contributed by atoms with Crippen molar-refractivity contribution in [1.29, 1.82) is 0 Å². The molecule has 1 fully saturated rings. The number of benzene rings is 1. The van der Waals surface area contributed by atoms with Crippen LogP contribution in [0.15, 0.2) is 12.1 Å². The van der Waals surface area contributed by atoms with Gasteiger partial charge in [-0.2, -0.15) is 0 Å². The average Bonchev–Trinajstić information content (AvgIpc) is 2.91. The highest BCUT2D eigenvalue weighted by molar-refractivity contribution is 6.38. The third-order valence-electron chi connectivity index (χ3n) is 3.86. The van der Waals surface area contributed by atoms with Gasteiger partial charge in [0.25, 0.3) is 0 Å². The molecule has 0 aliphatic carbocycles. The highest BCUT2D eigenvalue weighted by Crippen LogP contribution is 2.37. The summed E-state index contributed by atoms with van der Waals surface area (Å²) in [5.41, 5.74) is 1.19. The summed E-state index contributed by atoms with van der Waals surface area (Å²) < 4.78 is 7.44. The number of halogens is 2. The Morgan fingerprint density at radius 1 is 1.26 bits per heavy atom. The fourth-order valence-electron chi connectivity index (χ4n) is 2.78. The first-order valence-electron chi connectivity index (χ1n) is 7.44. The molecule has 0 radical (unpaired) electrons. The number of ether oxygens (including phenoxy) is 1. The third-order valence-corrected chi connectivity index (χ3v) is 4.37. The number of hydrogen-bond acceptors (Lipinski definition) is 5. The van der Waals surface area contributed by atoms with Gasteiger partial charge in [-0.15, -0.1) is 0 Å². The van der Waals surface area contributed by atoms with Gasteiger partial charge in [0, 0.05) is 11.1 Å². The van der Waals surface area contributed by atoms with Crippen molar-refractivity contribution in [1.82, 2.24) is 9.55 Å². The van der Waals surface area contributed by atoms with Crippen LogP contribution in [0.5, 0.6) is 0 Å². The van der Waals surface area contributed by atoms with Crippen LogP contribution in [-0.2, 0) is 4.74 Å². The van der Waals surface area contributed by atoms with Crippen molar-refractivity contribution in [3.05, 3.63) is 22.2 Å². The molecule has 0 unspecified atom stereocenters. The summed E-state index contributed by atoms with van der Waals surface area (Å²) in [6.07, 6.45) is -3.32. The van der Waals surface area contributed by atoms with Gasteiger partial charge in [0.1, 0.15) is 17.7 Å². The smallest absolute Gasteiger partial charge is 0.206 e. The van der Waals surface area contributed by atoms with Gasteiger partial charge in [-0.1, -0.05) is 23.2 Å². The predicted molar refractivity (Wildman–Crippen MR) is 90.1 cm³/mol. The first-order valence-corrected chi connectivity index (χ1v) is 8.20. The fraction of sp³-hybridized carbons (Fsp3) is 0.533. The maximum Gasteiger partial charge on any atom is 0.206 e. The summed E-state index contributed by atoms with van der Waals surface area (Å²) in [5.74, 6) is 0.504. The molecule has 3 N–H and O–H groups in total. The summed E-state index contributed by atoms with van der Waals surface area (Å²) in [6.45, 7) is 5.66. The molecule has 1 saturated heterocycles. The van der Waals surface area contributed by atoms with Crippen LogP contribution >= 0.6 is 23.2 Å². The van der Waals surface area contributed by atoms with Crippen molar-refractivity contribution in [3.8, 4) is 0 Å². The molecule has 1 aliphatic rings. The van der Waals surface area contributed by atoms with Gasteiger partial charge in [0.2, 0.25) is 5.95 Å². The van der Waals surface area contributed by atoms with Gasteiger partial charge in [0.05, 0.1) is 16.6 Å². The lowest BCUT2D eigenvalue weighted by Gasteiger charge is -2.21. The van der Waals surface area contributed by atoms with Crippen molar-refractivity contribution in [2.75, 3.05) is 5.32 Å². The van der Waals surface area contributed by atoms with Crippen LogP contribution in [0.1, 0.15) is 27.0 Å². The zero-order valence-corrected chi connectivity index (χ0v) is 14.5. The van der Waals surface area contributed by atoms with Crippen LogP contribution < -0.4 is 5.32 Å². The molecular weight excluding hydrogens is 341 g/mol. The van der Waals surface area contributed by atoms with Gasteiger partial charge in [-0.25, -0.2) is 4.98 Å². The Morgan fingerprint density at radius 3 is 2.52 bits per heavy atom. The van der Waals surface area contributed by atoms with Gasteiger partial charge in [0.15, 0.2) is 6.23 Å². The zero-order chi connectivity index (χ0) is 16.9. The quantitative estimate of drug-likeness (QED) is 0.785. The van der Waals surface area contributed by atoms with Crippen molar-refractivity contribution in [3.63, 3.8) is 0 Å². The Kier molecular flexibility index (Phi) is 4.46. The van der Waals surface area contributed by atoms with E-state index in [0.717, 1.165) is 0 Å². The zero-order valence-electron chi connectivity index (χ0n) is 13.0. The van der Waals surface area contributed by atoms with E-state index in [1.54, 1.807) is 23.6 Å². The summed E-state index contributed by atoms with van der Waals surface area (Å²) in [6, 6.07) is 3.44. The molecule has 1 aliphatic heterocycles. The number of imidazole rings is 1. The van der Waals surface area contributed by atoms with Gasteiger partial charge < -0.3 is 20.3 Å². The van der Waals surface area contributed by atoms with Crippen LogP contribution in [-0.4, -0.2) is 44.1 Å². The Labute approximate surface area is 144 Å². The van der Waals surface area contributed by atoms with E-state index in [2.05, 4.69) is 10.3 Å². The average molecular weight is 360 g/mol. The minimum Gasteiger partial charge on any atom is -0.388 e. The second kappa shape index (κ2) is 6.11. The van der Waals surface area contributed by atoms with Crippen molar-refractivity contribution in [2.45, 2.75) is 51.4 Å². The van der Waals surface area contributed by atoms with Gasteiger partial charge in [-0.3, -0.25) is 4.57 Å². The van der Waals surface area contributed by atoms with E-state index < -0.39 is 24.5 Å². The van der Waals surface area contributed by atoms with Crippen molar-refractivity contribution >= 4 is 40.2 Å². The molecular formula is C15H19Cl2N3O3. The molecule has 23 heavy (non-hydrogen) atoms. The van der Waals surface area contributed by atoms with Crippen LogP contribution in [0, 0.1) is 0 Å². The van der Waals surface area contributed by atoms with Crippen LogP contribution in [0.3, 0.4) is 0 Å². The lowest BCUT2D eigenvalue weighted by atomic mass is 10.1. The molecule has 0 bridgehead atoms. The molecule has 3 rings (SSSR count). The summed E-state index contributed by atoms with van der Waals surface area (Å²) in [4.78, 5) is 4.51. The molecule has 6 nitrogen and oxygen atoms in total. The number of fused-ring (bicyclic) bond motifs is 1. The molecule has 8 heteroatoms. The van der Waals surface area contributed by atoms with E-state index in [4.69, 9.17) is 27.9 Å². The van der Waals surface area contributed by atoms with Gasteiger partial charge >= 0.3 is 0 Å². The van der Waals surface area contributed by atoms with Crippen LogP contribution in [0.25, 0.3) is 11.0 Å². The monoisotopic (exact) mass is 359 g/mol. The molecule has 1 aromatic carbocycles. The number of aromatic nitrogens is 2. The second-order valence-corrected chi connectivity index (χ2v) is 6.92. The SMILES string of the molecule is CC(C)Nc1nc2c(Cl)cc(Cl)cc2n1[C@@H]1O[C@H](C)[C@@H](O)[C@H]1O. The first kappa shape index (κ1) is 16.8. The maximum absolute atomic E-state index is 10.3. The summed E-state index contributed by atoms with van der Waals surface area (Å²) in [5, 5.41) is 24.4. The Hall–Kier alpha value is -1.05. The standard InChI is InChI=1S/C15H19Cl2N3O3/c1-6(2)18-15-19-11-9(17)4-8(16)5-10(11)20(15)14-13(22)12(21)7(3)23-14/h4-7,12-14,21-22H,1-3H3,(H,18,19)/t7-,12-,13-,14-/m1/s1. The maximum atomic E-state index is 10.3. The summed E-state index contributed by atoms with van der Waals surface area (Å²) in [7, 11) is 0. The highest BCUT2D eigenvalue weighted by Gasteiger charge is 2.43. The Balaban J connectivity index is 2.20. The number of nitrogens with one attached hydrogen (secondary N) is 1. The van der Waals surface area contributed by atoms with Crippen molar-refractivity contribution < 1.29 is 14.9 Å². The largest absolute Gasteiger partial charge is 0.388 e. The molecule has 0 amide bonds. The minimum absolute atomic E-state index is 0.112. The molecule has 2 aromatic rings. The Bertz CT molecular complexity index is 734. The molecule has 2 heterocycles. The van der Waals surface area contributed by atoms with Crippen LogP contribution in [0.4, 0.5) is 5.95 Å². The molecule has 0 spiro atoms. The number of nitrogens with zero attached hydrogens (tertiary/aromatic N) is 2. The molecule has 1 aromatic heterocycles. The minimum atomic E-state index is -1.08. The molecule has 0 saturated carbocycles. The third kappa shape index (κ3) is 2.90. The van der Waals surface area contributed by atoms with E-state index in [1.807, 2.05) is 13.8 Å². The van der Waals surface area contributed by atoms with E-state index in [0.29, 0.717) is 27.0 Å². The second-order valence-electron chi connectivity index (χ2n) is 6.07.